The predicted molar refractivity (Wildman–Crippen MR) is 100 cm³/mol. The molecule has 9 heteroatoms. The molecule has 0 saturated carbocycles. The zero-order valence-corrected chi connectivity index (χ0v) is 15.5. The molecule has 6 nitrogen and oxygen atoms in total. The van der Waals surface area contributed by atoms with Crippen molar-refractivity contribution in [3.63, 3.8) is 0 Å². The molecule has 126 valence electrons. The number of nitrogens with one attached hydrogen (secondary N) is 1. The maximum atomic E-state index is 12.6. The largest absolute Gasteiger partial charge is 0.301 e. The Morgan fingerprint density at radius 1 is 1.38 bits per heavy atom. The Morgan fingerprint density at radius 3 is 3.00 bits per heavy atom. The average Bonchev–Trinajstić information content (AvgIpc) is 3.23. The van der Waals surface area contributed by atoms with Crippen molar-refractivity contribution >= 4 is 55.7 Å². The monoisotopic (exact) mass is 380 g/mol. The molecule has 1 amide bonds. The number of carbonyl (C=O) groups is 1. The normalized spacial score (nSPS) is 11.0. The number of hydrogen-bond donors (Lipinski definition) is 1. The molecule has 0 aromatic carbocycles. The second kappa shape index (κ2) is 7.91. The van der Waals surface area contributed by atoms with Crippen molar-refractivity contribution in [2.24, 2.45) is 0 Å². The molecule has 0 aliphatic heterocycles. The van der Waals surface area contributed by atoms with Gasteiger partial charge in [-0.3, -0.25) is 14.2 Å². The van der Waals surface area contributed by atoms with Gasteiger partial charge in [-0.25, -0.2) is 9.97 Å². The van der Waals surface area contributed by atoms with E-state index in [-0.39, 0.29) is 17.2 Å². The van der Waals surface area contributed by atoms with Crippen LogP contribution in [-0.4, -0.2) is 26.2 Å². The fraction of sp³-hybridized carbons (Fsp3) is 0.333. The van der Waals surface area contributed by atoms with Crippen molar-refractivity contribution < 1.29 is 4.79 Å². The number of amides is 1. The molecule has 0 radical (unpaired) electrons. The van der Waals surface area contributed by atoms with Crippen LogP contribution in [0.5, 0.6) is 0 Å². The molecule has 0 spiro atoms. The van der Waals surface area contributed by atoms with Crippen LogP contribution in [0, 0.1) is 0 Å². The van der Waals surface area contributed by atoms with Crippen LogP contribution in [-0.2, 0) is 11.3 Å². The molecule has 0 atom stereocenters. The van der Waals surface area contributed by atoms with Gasteiger partial charge < -0.3 is 5.32 Å². The first-order valence-electron chi connectivity index (χ1n) is 7.49. The Hall–Kier alpha value is -1.71. The van der Waals surface area contributed by atoms with E-state index in [1.165, 1.54) is 34.4 Å². The number of nitrogens with zero attached hydrogens (tertiary/aromatic N) is 3. The summed E-state index contributed by atoms with van der Waals surface area (Å²) in [5.41, 5.74) is 0.673. The molecular weight excluding hydrogens is 364 g/mol. The van der Waals surface area contributed by atoms with E-state index in [1.807, 2.05) is 11.4 Å². The van der Waals surface area contributed by atoms with Crippen molar-refractivity contribution in [2.75, 3.05) is 11.1 Å². The standard InChI is InChI=1S/C15H16N4O2S3/c1-2-3-6-19-13(21)12-10(4-7-22-12)17-15(19)24-9-11(20)18-14-16-5-8-23-14/h4-5,7-8H,2-3,6,9H2,1H3,(H,16,18,20). The zero-order chi connectivity index (χ0) is 16.9. The van der Waals surface area contributed by atoms with Crippen LogP contribution in [0.2, 0.25) is 0 Å². The van der Waals surface area contributed by atoms with E-state index < -0.39 is 0 Å². The molecule has 24 heavy (non-hydrogen) atoms. The molecule has 3 aromatic heterocycles. The van der Waals surface area contributed by atoms with Crippen LogP contribution >= 0.6 is 34.4 Å². The molecule has 3 heterocycles. The number of hydrogen-bond acceptors (Lipinski definition) is 7. The number of fused-ring (bicyclic) bond motifs is 1. The van der Waals surface area contributed by atoms with Crippen LogP contribution in [0.4, 0.5) is 5.13 Å². The SMILES string of the molecule is CCCCn1c(SCC(=O)Nc2nccs2)nc2ccsc2c1=O. The highest BCUT2D eigenvalue weighted by Gasteiger charge is 2.14. The summed E-state index contributed by atoms with van der Waals surface area (Å²) in [6.07, 6.45) is 3.53. The van der Waals surface area contributed by atoms with E-state index in [9.17, 15) is 9.59 Å². The first kappa shape index (κ1) is 17.1. The quantitative estimate of drug-likeness (QED) is 0.502. The van der Waals surface area contributed by atoms with Crippen molar-refractivity contribution in [1.82, 2.24) is 14.5 Å². The fourth-order valence-corrected chi connectivity index (χ4v) is 4.27. The Morgan fingerprint density at radius 2 is 2.25 bits per heavy atom. The molecule has 3 rings (SSSR count). The number of thiazole rings is 1. The van der Waals surface area contributed by atoms with E-state index in [1.54, 1.807) is 16.1 Å². The second-order valence-electron chi connectivity index (χ2n) is 5.01. The molecule has 1 N–H and O–H groups in total. The third kappa shape index (κ3) is 3.85. The molecule has 0 saturated heterocycles. The summed E-state index contributed by atoms with van der Waals surface area (Å²) in [5.74, 6) is 0.0324. The van der Waals surface area contributed by atoms with E-state index in [4.69, 9.17) is 0 Å². The van der Waals surface area contributed by atoms with Crippen LogP contribution in [0.25, 0.3) is 10.2 Å². The molecule has 0 bridgehead atoms. The highest BCUT2D eigenvalue weighted by Crippen LogP contribution is 2.21. The average molecular weight is 381 g/mol. The Balaban J connectivity index is 1.79. The third-order valence-electron chi connectivity index (χ3n) is 3.28. The molecule has 0 fully saturated rings. The van der Waals surface area contributed by atoms with Gasteiger partial charge in [-0.15, -0.1) is 22.7 Å². The number of rotatable bonds is 7. The fourth-order valence-electron chi connectivity index (χ4n) is 2.12. The van der Waals surface area contributed by atoms with Gasteiger partial charge in [-0.1, -0.05) is 25.1 Å². The van der Waals surface area contributed by atoms with Crippen LogP contribution < -0.4 is 10.9 Å². The summed E-state index contributed by atoms with van der Waals surface area (Å²) in [4.78, 5) is 33.2. The van der Waals surface area contributed by atoms with Gasteiger partial charge in [-0.2, -0.15) is 0 Å². The lowest BCUT2D eigenvalue weighted by Gasteiger charge is -2.11. The summed E-state index contributed by atoms with van der Waals surface area (Å²) < 4.78 is 2.35. The van der Waals surface area contributed by atoms with Gasteiger partial charge in [-0.05, 0) is 17.9 Å². The Labute approximate surface area is 151 Å². The van der Waals surface area contributed by atoms with Crippen LogP contribution in [0.15, 0.2) is 33.0 Å². The van der Waals surface area contributed by atoms with Gasteiger partial charge in [0.05, 0.1) is 11.3 Å². The second-order valence-corrected chi connectivity index (χ2v) is 7.77. The maximum Gasteiger partial charge on any atom is 0.272 e. The lowest BCUT2D eigenvalue weighted by Crippen LogP contribution is -2.23. The highest BCUT2D eigenvalue weighted by atomic mass is 32.2. The van der Waals surface area contributed by atoms with Gasteiger partial charge in [0, 0.05) is 18.1 Å². The van der Waals surface area contributed by atoms with Crippen molar-refractivity contribution in [2.45, 2.75) is 31.5 Å². The van der Waals surface area contributed by atoms with E-state index >= 15 is 0 Å². The summed E-state index contributed by atoms with van der Waals surface area (Å²) in [6, 6.07) is 1.84. The zero-order valence-electron chi connectivity index (χ0n) is 13.0. The first-order chi connectivity index (χ1) is 11.7. The molecule has 0 unspecified atom stereocenters. The number of aromatic nitrogens is 3. The molecule has 3 aromatic rings. The minimum absolute atomic E-state index is 0.0220. The van der Waals surface area contributed by atoms with Gasteiger partial charge in [0.2, 0.25) is 5.91 Å². The van der Waals surface area contributed by atoms with Gasteiger partial charge in [0.15, 0.2) is 10.3 Å². The maximum absolute atomic E-state index is 12.6. The molecule has 0 aliphatic rings. The number of unbranched alkanes of at least 4 members (excludes halogenated alkanes) is 1. The minimum Gasteiger partial charge on any atom is -0.301 e. The van der Waals surface area contributed by atoms with Crippen LogP contribution in [0.3, 0.4) is 0 Å². The Kier molecular flexibility index (Phi) is 5.64. The van der Waals surface area contributed by atoms with Crippen molar-refractivity contribution in [3.05, 3.63) is 33.4 Å². The first-order valence-corrected chi connectivity index (χ1v) is 10.2. The number of thioether (sulfide) groups is 1. The molecular formula is C15H16N4O2S3. The van der Waals surface area contributed by atoms with E-state index in [2.05, 4.69) is 22.2 Å². The topological polar surface area (TPSA) is 76.9 Å². The third-order valence-corrected chi connectivity index (χ3v) is 5.83. The van der Waals surface area contributed by atoms with Gasteiger partial charge in [0.1, 0.15) is 4.70 Å². The van der Waals surface area contributed by atoms with Crippen molar-refractivity contribution in [3.8, 4) is 0 Å². The summed E-state index contributed by atoms with van der Waals surface area (Å²) in [7, 11) is 0. The van der Waals surface area contributed by atoms with Gasteiger partial charge in [0.25, 0.3) is 5.56 Å². The van der Waals surface area contributed by atoms with E-state index in [0.717, 1.165) is 12.8 Å². The number of thiophene rings is 1. The van der Waals surface area contributed by atoms with E-state index in [0.29, 0.717) is 27.0 Å². The van der Waals surface area contributed by atoms with Crippen LogP contribution in [0.1, 0.15) is 19.8 Å². The summed E-state index contributed by atoms with van der Waals surface area (Å²) in [6.45, 7) is 2.70. The highest BCUT2D eigenvalue weighted by molar-refractivity contribution is 7.99. The number of carbonyl (C=O) groups excluding carboxylic acids is 1. The Bertz CT molecular complexity index is 886. The van der Waals surface area contributed by atoms with Gasteiger partial charge >= 0.3 is 0 Å². The van der Waals surface area contributed by atoms with Crippen molar-refractivity contribution in [1.29, 1.82) is 0 Å². The smallest absolute Gasteiger partial charge is 0.272 e. The lowest BCUT2D eigenvalue weighted by molar-refractivity contribution is -0.113. The predicted octanol–water partition coefficient (Wildman–Crippen LogP) is 3.45. The minimum atomic E-state index is -0.156. The lowest BCUT2D eigenvalue weighted by atomic mass is 10.3. The summed E-state index contributed by atoms with van der Waals surface area (Å²) in [5, 5.41) is 7.57. The molecule has 0 aliphatic carbocycles. The number of anilines is 1. The summed E-state index contributed by atoms with van der Waals surface area (Å²) >= 11 is 4.06.